The minimum atomic E-state index is -0.347. The van der Waals surface area contributed by atoms with Crippen molar-refractivity contribution in [1.82, 2.24) is 14.8 Å². The van der Waals surface area contributed by atoms with Gasteiger partial charge in [0.05, 0.1) is 18.1 Å². The monoisotopic (exact) mass is 354 g/mol. The molecule has 0 unspecified atom stereocenters. The molecule has 1 aliphatic heterocycles. The first-order valence-corrected chi connectivity index (χ1v) is 9.47. The molecular weight excluding hydrogens is 335 g/mol. The van der Waals surface area contributed by atoms with E-state index in [2.05, 4.69) is 39.2 Å². The number of hydrogen-bond donors (Lipinski definition) is 0. The molecule has 6 heteroatoms. The third-order valence-electron chi connectivity index (χ3n) is 4.49. The molecule has 1 aromatic carbocycles. The molecule has 3 aromatic rings. The topological polar surface area (TPSA) is 34.0 Å². The van der Waals surface area contributed by atoms with Crippen LogP contribution in [0.3, 0.4) is 0 Å². The van der Waals surface area contributed by atoms with Gasteiger partial charge >= 0.3 is 0 Å². The molecule has 1 aliphatic rings. The summed E-state index contributed by atoms with van der Waals surface area (Å²) in [4.78, 5) is 6.54. The highest BCUT2D eigenvalue weighted by Gasteiger charge is 2.13. The first-order chi connectivity index (χ1) is 12.2. The van der Waals surface area contributed by atoms with Crippen molar-refractivity contribution in [3.05, 3.63) is 60.3 Å². The maximum absolute atomic E-state index is 13.1. The molecule has 0 N–H and O–H groups in total. The Morgan fingerprint density at radius 3 is 2.44 bits per heavy atom. The van der Waals surface area contributed by atoms with Crippen LogP contribution >= 0.6 is 11.8 Å². The maximum atomic E-state index is 13.1. The zero-order valence-electron chi connectivity index (χ0n) is 14.0. The normalized spacial score (nSPS) is 14.7. The van der Waals surface area contributed by atoms with Crippen molar-refractivity contribution in [1.29, 1.82) is 0 Å². The van der Waals surface area contributed by atoms with Crippen molar-refractivity contribution in [2.24, 2.45) is 0 Å². The van der Waals surface area contributed by atoms with Crippen molar-refractivity contribution < 1.29 is 4.39 Å². The Kier molecular flexibility index (Phi) is 4.44. The third-order valence-corrected chi connectivity index (χ3v) is 5.44. The largest absolute Gasteiger partial charge is 0.370 e. The number of hydrogen-bond acceptors (Lipinski definition) is 4. The lowest BCUT2D eigenvalue weighted by Gasteiger charge is -2.28. The molecule has 0 bridgehead atoms. The summed E-state index contributed by atoms with van der Waals surface area (Å²) in [5.41, 5.74) is 4.45. The Morgan fingerprint density at radius 2 is 1.76 bits per heavy atom. The van der Waals surface area contributed by atoms with Gasteiger partial charge in [0.25, 0.3) is 0 Å². The number of nitrogens with zero attached hydrogens (tertiary/aromatic N) is 4. The number of rotatable bonds is 3. The van der Waals surface area contributed by atoms with Gasteiger partial charge < -0.3 is 4.90 Å². The van der Waals surface area contributed by atoms with Crippen molar-refractivity contribution in [3.63, 3.8) is 0 Å². The first-order valence-electron chi connectivity index (χ1n) is 8.32. The van der Waals surface area contributed by atoms with E-state index in [0.29, 0.717) is 5.82 Å². The van der Waals surface area contributed by atoms with E-state index in [9.17, 15) is 4.39 Å². The Labute approximate surface area is 150 Å². The van der Waals surface area contributed by atoms with E-state index in [0.717, 1.165) is 29.9 Å². The minimum Gasteiger partial charge on any atom is -0.370 e. The van der Waals surface area contributed by atoms with Gasteiger partial charge in [-0.15, -0.1) is 0 Å². The number of anilines is 1. The second-order valence-electron chi connectivity index (χ2n) is 6.04. The fourth-order valence-corrected chi connectivity index (χ4v) is 3.99. The number of aromatic nitrogens is 3. The fraction of sp³-hybridized carbons (Fsp3) is 0.263. The average Bonchev–Trinajstić information content (AvgIpc) is 3.05. The second kappa shape index (κ2) is 6.88. The van der Waals surface area contributed by atoms with Crippen LogP contribution in [0.15, 0.2) is 48.8 Å². The summed E-state index contributed by atoms with van der Waals surface area (Å²) in [7, 11) is 0. The molecule has 0 amide bonds. The smallest absolute Gasteiger partial charge is 0.153 e. The summed E-state index contributed by atoms with van der Waals surface area (Å²) in [6, 6.07) is 11.7. The van der Waals surface area contributed by atoms with Crippen LogP contribution in [0.2, 0.25) is 0 Å². The van der Waals surface area contributed by atoms with Crippen LogP contribution in [0.25, 0.3) is 16.9 Å². The van der Waals surface area contributed by atoms with Crippen LogP contribution in [0.1, 0.15) is 5.69 Å². The van der Waals surface area contributed by atoms with E-state index in [4.69, 9.17) is 0 Å². The number of pyridine rings is 1. The second-order valence-corrected chi connectivity index (χ2v) is 7.26. The molecule has 3 heterocycles. The molecule has 1 saturated heterocycles. The Bertz CT molecular complexity index is 852. The highest BCUT2D eigenvalue weighted by atomic mass is 32.2. The molecule has 1 fully saturated rings. The van der Waals surface area contributed by atoms with Gasteiger partial charge in [-0.2, -0.15) is 16.9 Å². The number of benzene rings is 1. The molecule has 0 radical (unpaired) electrons. The zero-order chi connectivity index (χ0) is 17.2. The van der Waals surface area contributed by atoms with Gasteiger partial charge in [-0.05, 0) is 36.8 Å². The number of halogens is 1. The lowest BCUT2D eigenvalue weighted by molar-refractivity contribution is 0.619. The quantitative estimate of drug-likeness (QED) is 0.714. The molecule has 0 aliphatic carbocycles. The molecule has 0 atom stereocenters. The van der Waals surface area contributed by atoms with Crippen LogP contribution in [-0.2, 0) is 0 Å². The van der Waals surface area contributed by atoms with Crippen molar-refractivity contribution in [3.8, 4) is 16.9 Å². The van der Waals surface area contributed by atoms with Gasteiger partial charge in [0.1, 0.15) is 5.82 Å². The van der Waals surface area contributed by atoms with E-state index in [-0.39, 0.29) is 5.82 Å². The van der Waals surface area contributed by atoms with Gasteiger partial charge in [-0.25, -0.2) is 14.1 Å². The van der Waals surface area contributed by atoms with Gasteiger partial charge in [-0.3, -0.25) is 0 Å². The minimum absolute atomic E-state index is 0.347. The highest BCUT2D eigenvalue weighted by Crippen LogP contribution is 2.27. The van der Waals surface area contributed by atoms with E-state index >= 15 is 0 Å². The third kappa shape index (κ3) is 3.26. The number of thioether (sulfide) groups is 1. The Hall–Kier alpha value is -2.34. The summed E-state index contributed by atoms with van der Waals surface area (Å²) in [6.45, 7) is 4.22. The fourth-order valence-electron chi connectivity index (χ4n) is 3.09. The summed E-state index contributed by atoms with van der Waals surface area (Å²) >= 11 is 2.01. The molecule has 4 nitrogen and oxygen atoms in total. The van der Waals surface area contributed by atoms with Crippen LogP contribution < -0.4 is 4.90 Å². The molecule has 128 valence electrons. The Balaban J connectivity index is 1.60. The lowest BCUT2D eigenvalue weighted by atomic mass is 10.1. The molecule has 25 heavy (non-hydrogen) atoms. The van der Waals surface area contributed by atoms with E-state index < -0.39 is 0 Å². The average molecular weight is 354 g/mol. The predicted molar refractivity (Wildman–Crippen MR) is 101 cm³/mol. The van der Waals surface area contributed by atoms with Gasteiger partial charge in [-0.1, -0.05) is 12.1 Å². The summed E-state index contributed by atoms with van der Waals surface area (Å²) in [6.07, 6.45) is 3.05. The van der Waals surface area contributed by atoms with Crippen molar-refractivity contribution >= 4 is 17.4 Å². The molecular formula is C19H19FN4S. The van der Waals surface area contributed by atoms with Crippen LogP contribution in [-0.4, -0.2) is 39.4 Å². The van der Waals surface area contributed by atoms with Crippen LogP contribution in [0.5, 0.6) is 0 Å². The van der Waals surface area contributed by atoms with E-state index in [1.165, 1.54) is 29.5 Å². The van der Waals surface area contributed by atoms with Crippen LogP contribution in [0.4, 0.5) is 10.1 Å². The van der Waals surface area contributed by atoms with Gasteiger partial charge in [0, 0.05) is 35.8 Å². The Morgan fingerprint density at radius 1 is 1.00 bits per heavy atom. The summed E-state index contributed by atoms with van der Waals surface area (Å²) < 4.78 is 14.8. The zero-order valence-corrected chi connectivity index (χ0v) is 14.8. The standard InChI is InChI=1S/C19H19FN4S/c1-14-18(13-22-24(14)19-7-4-16(20)12-21-19)15-2-5-17(6-3-15)23-8-10-25-11-9-23/h2-7,12-13H,8-11H2,1H3. The van der Waals surface area contributed by atoms with E-state index in [1.807, 2.05) is 24.9 Å². The molecule has 2 aromatic heterocycles. The predicted octanol–water partition coefficient (Wildman–Crippen LogP) is 3.94. The van der Waals surface area contributed by atoms with Crippen molar-refractivity contribution in [2.45, 2.75) is 6.92 Å². The van der Waals surface area contributed by atoms with Gasteiger partial charge in [0.2, 0.25) is 0 Å². The molecule has 0 spiro atoms. The SMILES string of the molecule is Cc1c(-c2ccc(N3CCSCC3)cc2)cnn1-c1ccc(F)cn1. The highest BCUT2D eigenvalue weighted by molar-refractivity contribution is 7.99. The van der Waals surface area contributed by atoms with Gasteiger partial charge in [0.15, 0.2) is 5.82 Å². The first kappa shape index (κ1) is 16.1. The molecule has 4 rings (SSSR count). The summed E-state index contributed by atoms with van der Waals surface area (Å²) in [5, 5.41) is 4.42. The lowest BCUT2D eigenvalue weighted by Crippen LogP contribution is -2.32. The summed E-state index contributed by atoms with van der Waals surface area (Å²) in [5.74, 6) is 2.66. The van der Waals surface area contributed by atoms with Crippen molar-refractivity contribution in [2.75, 3.05) is 29.5 Å². The van der Waals surface area contributed by atoms with Crippen LogP contribution in [0, 0.1) is 12.7 Å². The maximum Gasteiger partial charge on any atom is 0.153 e. The molecule has 0 saturated carbocycles. The van der Waals surface area contributed by atoms with E-state index in [1.54, 1.807) is 10.7 Å².